The van der Waals surface area contributed by atoms with Gasteiger partial charge in [-0.2, -0.15) is 0 Å². The maximum atomic E-state index is 13.2. The molecule has 31 heavy (non-hydrogen) atoms. The Balaban J connectivity index is 1.49. The van der Waals surface area contributed by atoms with Crippen LogP contribution in [-0.4, -0.2) is 20.3 Å². The lowest BCUT2D eigenvalue weighted by atomic mass is 9.96. The fourth-order valence-electron chi connectivity index (χ4n) is 4.66. The molecular weight excluding hydrogens is 410 g/mol. The standard InChI is InChI=1S/C25H24ClN3O2/c26-19-12-10-17(11-13-19)25(31)28-16-18(22-8-4-5-9-23(22)28)14-20-15-24(30)29(27-20)21-6-2-1-3-7-21/h4-5,8-13,15-16,21,27H,1-3,6-7,14H2. The van der Waals surface area contributed by atoms with Gasteiger partial charge in [-0.15, -0.1) is 0 Å². The maximum Gasteiger partial charge on any atom is 0.266 e. The summed E-state index contributed by atoms with van der Waals surface area (Å²) in [6, 6.07) is 16.7. The van der Waals surface area contributed by atoms with Gasteiger partial charge in [0.25, 0.3) is 11.5 Å². The minimum absolute atomic E-state index is 0.0304. The number of rotatable bonds is 4. The van der Waals surface area contributed by atoms with Gasteiger partial charge < -0.3 is 0 Å². The van der Waals surface area contributed by atoms with Crippen LogP contribution in [0.25, 0.3) is 10.9 Å². The number of fused-ring (bicyclic) bond motifs is 1. The summed E-state index contributed by atoms with van der Waals surface area (Å²) < 4.78 is 3.48. The summed E-state index contributed by atoms with van der Waals surface area (Å²) in [5.74, 6) is -0.104. The SMILES string of the molecule is O=C(c1ccc(Cl)cc1)n1cc(Cc2cc(=O)n(C3CCCCC3)[nH]2)c2ccccc21. The van der Waals surface area contributed by atoms with Crippen LogP contribution in [0.4, 0.5) is 0 Å². The summed E-state index contributed by atoms with van der Waals surface area (Å²) >= 11 is 5.97. The number of hydrogen-bond acceptors (Lipinski definition) is 2. The summed E-state index contributed by atoms with van der Waals surface area (Å²) in [5.41, 5.74) is 3.34. The summed E-state index contributed by atoms with van der Waals surface area (Å²) in [6.07, 6.45) is 8.15. The van der Waals surface area contributed by atoms with Crippen molar-refractivity contribution in [3.8, 4) is 0 Å². The van der Waals surface area contributed by atoms with E-state index in [1.54, 1.807) is 39.6 Å². The monoisotopic (exact) mass is 433 g/mol. The van der Waals surface area contributed by atoms with Crippen molar-refractivity contribution in [3.63, 3.8) is 0 Å². The van der Waals surface area contributed by atoms with E-state index >= 15 is 0 Å². The van der Waals surface area contributed by atoms with Gasteiger partial charge in [0.2, 0.25) is 0 Å². The van der Waals surface area contributed by atoms with Crippen molar-refractivity contribution in [1.82, 2.24) is 14.3 Å². The van der Waals surface area contributed by atoms with Gasteiger partial charge >= 0.3 is 0 Å². The topological polar surface area (TPSA) is 59.8 Å². The Morgan fingerprint density at radius 2 is 1.77 bits per heavy atom. The smallest absolute Gasteiger partial charge is 0.266 e. The Labute approximate surface area is 185 Å². The molecule has 1 aliphatic rings. The zero-order valence-corrected chi connectivity index (χ0v) is 17.9. The van der Waals surface area contributed by atoms with Crippen LogP contribution in [0.3, 0.4) is 0 Å². The Morgan fingerprint density at radius 1 is 1.03 bits per heavy atom. The highest BCUT2D eigenvalue weighted by Crippen LogP contribution is 2.28. The van der Waals surface area contributed by atoms with Gasteiger partial charge in [-0.05, 0) is 48.7 Å². The molecule has 0 radical (unpaired) electrons. The van der Waals surface area contributed by atoms with Gasteiger partial charge in [0.1, 0.15) is 0 Å². The fraction of sp³-hybridized carbons (Fsp3) is 0.280. The minimum Gasteiger partial charge on any atom is -0.299 e. The average molecular weight is 434 g/mol. The lowest BCUT2D eigenvalue weighted by molar-refractivity contribution is 0.0965. The van der Waals surface area contributed by atoms with E-state index in [0.717, 1.165) is 35.0 Å². The Kier molecular flexibility index (Phi) is 5.28. The number of aromatic amines is 1. The molecule has 1 aliphatic carbocycles. The zero-order chi connectivity index (χ0) is 21.4. The fourth-order valence-corrected chi connectivity index (χ4v) is 4.78. The van der Waals surface area contributed by atoms with Gasteiger partial charge in [0.15, 0.2) is 0 Å². The number of benzene rings is 2. The lowest BCUT2D eigenvalue weighted by Gasteiger charge is -2.22. The number of hydrogen-bond donors (Lipinski definition) is 1. The van der Waals surface area contributed by atoms with Gasteiger partial charge in [-0.25, -0.2) is 4.68 Å². The molecule has 0 unspecified atom stereocenters. The molecule has 0 saturated heterocycles. The first kappa shape index (κ1) is 19.9. The number of nitrogens with zero attached hydrogens (tertiary/aromatic N) is 2. The molecule has 158 valence electrons. The molecule has 0 bridgehead atoms. The van der Waals surface area contributed by atoms with Crippen molar-refractivity contribution in [2.45, 2.75) is 44.6 Å². The third-order valence-corrected chi connectivity index (χ3v) is 6.48. The Hall–Kier alpha value is -3.05. The van der Waals surface area contributed by atoms with Crippen molar-refractivity contribution < 1.29 is 4.79 Å². The van der Waals surface area contributed by atoms with Crippen LogP contribution in [0.15, 0.2) is 65.6 Å². The molecule has 1 saturated carbocycles. The van der Waals surface area contributed by atoms with Crippen molar-refractivity contribution in [2.75, 3.05) is 0 Å². The van der Waals surface area contributed by atoms with E-state index in [1.165, 1.54) is 19.3 Å². The first-order chi connectivity index (χ1) is 15.1. The molecule has 0 atom stereocenters. The molecular formula is C25H24ClN3O2. The number of H-pyrrole nitrogens is 1. The molecule has 1 N–H and O–H groups in total. The third-order valence-electron chi connectivity index (χ3n) is 6.22. The largest absolute Gasteiger partial charge is 0.299 e. The third kappa shape index (κ3) is 3.86. The zero-order valence-electron chi connectivity index (χ0n) is 17.2. The number of aromatic nitrogens is 3. The summed E-state index contributed by atoms with van der Waals surface area (Å²) in [4.78, 5) is 25.7. The molecule has 4 aromatic rings. The van der Waals surface area contributed by atoms with Crippen molar-refractivity contribution in [3.05, 3.63) is 93.0 Å². The first-order valence-corrected chi connectivity index (χ1v) is 11.2. The maximum absolute atomic E-state index is 13.2. The van der Waals surface area contributed by atoms with E-state index in [1.807, 2.05) is 30.5 Å². The quantitative estimate of drug-likeness (QED) is 0.457. The summed E-state index contributed by atoms with van der Waals surface area (Å²) in [6.45, 7) is 0. The van der Waals surface area contributed by atoms with Crippen LogP contribution in [0.2, 0.25) is 5.02 Å². The molecule has 0 amide bonds. The van der Waals surface area contributed by atoms with Crippen LogP contribution in [0, 0.1) is 0 Å². The van der Waals surface area contributed by atoms with E-state index in [0.29, 0.717) is 17.0 Å². The Bertz CT molecular complexity index is 1290. The predicted octanol–water partition coefficient (Wildman–Crippen LogP) is 5.57. The lowest BCUT2D eigenvalue weighted by Crippen LogP contribution is -2.23. The highest BCUT2D eigenvalue weighted by atomic mass is 35.5. The number of halogens is 1. The number of nitrogens with one attached hydrogen (secondary N) is 1. The number of para-hydroxylation sites is 1. The van der Waals surface area contributed by atoms with E-state index in [9.17, 15) is 9.59 Å². The molecule has 5 nitrogen and oxygen atoms in total. The van der Waals surface area contributed by atoms with Gasteiger partial charge in [0, 0.05) is 40.4 Å². The van der Waals surface area contributed by atoms with E-state index in [4.69, 9.17) is 11.6 Å². The van der Waals surface area contributed by atoms with Gasteiger partial charge in [0.05, 0.1) is 11.6 Å². The highest BCUT2D eigenvalue weighted by molar-refractivity contribution is 6.30. The normalized spacial score (nSPS) is 14.9. The van der Waals surface area contributed by atoms with Crippen LogP contribution in [-0.2, 0) is 6.42 Å². The molecule has 5 rings (SSSR count). The highest BCUT2D eigenvalue weighted by Gasteiger charge is 2.20. The van der Waals surface area contributed by atoms with E-state index < -0.39 is 0 Å². The van der Waals surface area contributed by atoms with Crippen LogP contribution in [0.1, 0.15) is 59.8 Å². The van der Waals surface area contributed by atoms with E-state index in [-0.39, 0.29) is 17.5 Å². The van der Waals surface area contributed by atoms with Crippen molar-refractivity contribution in [2.24, 2.45) is 0 Å². The van der Waals surface area contributed by atoms with Crippen LogP contribution in [0.5, 0.6) is 0 Å². The summed E-state index contributed by atoms with van der Waals surface area (Å²) in [5, 5.41) is 4.94. The average Bonchev–Trinajstić information content (AvgIpc) is 3.35. The molecule has 6 heteroatoms. The molecule has 1 fully saturated rings. The van der Waals surface area contributed by atoms with Crippen molar-refractivity contribution in [1.29, 1.82) is 0 Å². The second-order valence-corrected chi connectivity index (χ2v) is 8.75. The molecule has 2 aromatic carbocycles. The number of carbonyl (C=O) groups excluding carboxylic acids is 1. The van der Waals surface area contributed by atoms with Crippen LogP contribution >= 0.6 is 11.6 Å². The van der Waals surface area contributed by atoms with Crippen LogP contribution < -0.4 is 5.56 Å². The Morgan fingerprint density at radius 3 is 2.55 bits per heavy atom. The first-order valence-electron chi connectivity index (χ1n) is 10.8. The second kappa shape index (κ2) is 8.23. The van der Waals surface area contributed by atoms with Crippen molar-refractivity contribution >= 4 is 28.4 Å². The predicted molar refractivity (Wildman–Crippen MR) is 123 cm³/mol. The summed E-state index contributed by atoms with van der Waals surface area (Å²) in [7, 11) is 0. The minimum atomic E-state index is -0.104. The molecule has 0 aliphatic heterocycles. The van der Waals surface area contributed by atoms with Gasteiger partial charge in [-0.1, -0.05) is 49.1 Å². The second-order valence-electron chi connectivity index (χ2n) is 8.31. The van der Waals surface area contributed by atoms with Gasteiger partial charge in [-0.3, -0.25) is 19.3 Å². The molecule has 2 aromatic heterocycles. The van der Waals surface area contributed by atoms with E-state index in [2.05, 4.69) is 5.10 Å². The molecule has 2 heterocycles. The molecule has 0 spiro atoms. The number of carbonyl (C=O) groups is 1.